The number of fused-ring (bicyclic) bond motifs is 1. The number of rotatable bonds is 7. The Bertz CT molecular complexity index is 1040. The van der Waals surface area contributed by atoms with Crippen molar-refractivity contribution in [2.75, 3.05) is 13.4 Å². The third-order valence-electron chi connectivity index (χ3n) is 5.43. The smallest absolute Gasteiger partial charge is 0.329 e. The molecule has 1 saturated heterocycles. The number of carbonyl (C=O) groups excluding carboxylic acids is 2. The third-order valence-corrected chi connectivity index (χ3v) is 5.96. The molecule has 0 saturated carbocycles. The van der Waals surface area contributed by atoms with E-state index in [4.69, 9.17) is 42.1 Å². The predicted molar refractivity (Wildman–Crippen MR) is 118 cm³/mol. The maximum absolute atomic E-state index is 13.3. The van der Waals surface area contributed by atoms with Gasteiger partial charge in [-0.05, 0) is 48.7 Å². The summed E-state index contributed by atoms with van der Waals surface area (Å²) in [6.45, 7) is 5.82. The average Bonchev–Trinajstić information content (AvgIpc) is 3.21. The molecule has 0 bridgehead atoms. The Labute approximate surface area is 196 Å². The molecule has 3 atom stereocenters. The number of likely N-dealkylation sites (tertiary alicyclic amines) is 1. The molecule has 2 aliphatic heterocycles. The van der Waals surface area contributed by atoms with Gasteiger partial charge in [-0.1, -0.05) is 43.1 Å². The van der Waals surface area contributed by atoms with Gasteiger partial charge in [0.25, 0.3) is 5.91 Å². The summed E-state index contributed by atoms with van der Waals surface area (Å²) < 4.78 is 22.2. The van der Waals surface area contributed by atoms with Gasteiger partial charge in [0.1, 0.15) is 17.8 Å². The lowest BCUT2D eigenvalue weighted by molar-refractivity contribution is -0.181. The molecule has 1 amide bonds. The molecule has 2 aliphatic rings. The lowest BCUT2D eigenvalue weighted by Gasteiger charge is -2.50. The van der Waals surface area contributed by atoms with E-state index in [1.807, 2.05) is 19.9 Å². The normalized spacial score (nSPS) is 20.2. The Morgan fingerprint density at radius 1 is 1.16 bits per heavy atom. The van der Waals surface area contributed by atoms with Crippen LogP contribution >= 0.6 is 23.2 Å². The van der Waals surface area contributed by atoms with E-state index >= 15 is 0 Å². The van der Waals surface area contributed by atoms with Gasteiger partial charge < -0.3 is 23.8 Å². The van der Waals surface area contributed by atoms with Crippen molar-refractivity contribution in [3.63, 3.8) is 0 Å². The summed E-state index contributed by atoms with van der Waals surface area (Å²) >= 11 is 12.2. The minimum absolute atomic E-state index is 0.129. The van der Waals surface area contributed by atoms with Gasteiger partial charge in [0.15, 0.2) is 11.5 Å². The number of benzene rings is 2. The van der Waals surface area contributed by atoms with Gasteiger partial charge >= 0.3 is 5.97 Å². The highest BCUT2D eigenvalue weighted by Gasteiger charge is 2.56. The highest BCUT2D eigenvalue weighted by Crippen LogP contribution is 2.45. The Kier molecular flexibility index (Phi) is 6.40. The second-order valence-electron chi connectivity index (χ2n) is 7.86. The van der Waals surface area contributed by atoms with Crippen LogP contribution in [-0.2, 0) is 14.3 Å². The molecule has 2 heterocycles. The SMILES string of the molecule is CCOC(=O)[C@H](C(C)C)N1C(=O)[C@@H](Oc2ccc(Cl)cc2Cl)[C@H]1c1ccc2c(c1)OCO2. The quantitative estimate of drug-likeness (QED) is 0.425. The van der Waals surface area contributed by atoms with Gasteiger partial charge in [0, 0.05) is 5.02 Å². The fraction of sp³-hybridized carbons (Fsp3) is 0.391. The minimum Gasteiger partial charge on any atom is -0.476 e. The third kappa shape index (κ3) is 4.07. The second-order valence-corrected chi connectivity index (χ2v) is 8.70. The fourth-order valence-electron chi connectivity index (χ4n) is 3.98. The zero-order chi connectivity index (χ0) is 23.0. The van der Waals surface area contributed by atoms with Crippen molar-refractivity contribution in [1.82, 2.24) is 4.90 Å². The van der Waals surface area contributed by atoms with Crippen molar-refractivity contribution < 1.29 is 28.5 Å². The van der Waals surface area contributed by atoms with Gasteiger partial charge in [-0.2, -0.15) is 0 Å². The summed E-state index contributed by atoms with van der Waals surface area (Å²) in [6.07, 6.45) is -0.885. The van der Waals surface area contributed by atoms with Crippen LogP contribution < -0.4 is 14.2 Å². The highest BCUT2D eigenvalue weighted by atomic mass is 35.5. The van der Waals surface area contributed by atoms with E-state index in [-0.39, 0.29) is 25.2 Å². The first-order chi connectivity index (χ1) is 15.3. The molecule has 0 radical (unpaired) electrons. The standard InChI is InChI=1S/C23H23Cl2NO6/c1-4-29-23(28)19(12(2)3)26-20(13-5-7-17-18(9-13)31-11-30-17)21(22(26)27)32-16-8-6-14(24)10-15(16)25/h5-10,12,19-21H,4,11H2,1-3H3/t19-,20+,21-/m0/s1. The topological polar surface area (TPSA) is 74.3 Å². The Balaban J connectivity index is 1.71. The first-order valence-electron chi connectivity index (χ1n) is 10.3. The van der Waals surface area contributed by atoms with Gasteiger partial charge in [-0.25, -0.2) is 4.79 Å². The maximum atomic E-state index is 13.3. The Morgan fingerprint density at radius 2 is 1.91 bits per heavy atom. The van der Waals surface area contributed by atoms with Crippen LogP contribution in [0.2, 0.25) is 10.0 Å². The zero-order valence-electron chi connectivity index (χ0n) is 17.8. The lowest BCUT2D eigenvalue weighted by Crippen LogP contribution is -2.67. The van der Waals surface area contributed by atoms with Gasteiger partial charge in [0.2, 0.25) is 12.9 Å². The highest BCUT2D eigenvalue weighted by molar-refractivity contribution is 6.35. The van der Waals surface area contributed by atoms with Crippen LogP contribution in [0.5, 0.6) is 17.2 Å². The van der Waals surface area contributed by atoms with Crippen molar-refractivity contribution in [3.8, 4) is 17.2 Å². The number of carbonyl (C=O) groups is 2. The number of hydrogen-bond acceptors (Lipinski definition) is 6. The van der Waals surface area contributed by atoms with Crippen molar-refractivity contribution in [3.05, 3.63) is 52.0 Å². The molecule has 0 aliphatic carbocycles. The number of esters is 1. The van der Waals surface area contributed by atoms with Gasteiger partial charge in [-0.15, -0.1) is 0 Å². The molecule has 0 spiro atoms. The number of β-lactam (4-membered cyclic amide) rings is 1. The van der Waals surface area contributed by atoms with Crippen molar-refractivity contribution in [2.45, 2.75) is 39.0 Å². The van der Waals surface area contributed by atoms with Crippen LogP contribution in [0.4, 0.5) is 0 Å². The number of nitrogens with zero attached hydrogens (tertiary/aromatic N) is 1. The molecular formula is C23H23Cl2NO6. The summed E-state index contributed by atoms with van der Waals surface area (Å²) in [5.41, 5.74) is 0.749. The van der Waals surface area contributed by atoms with E-state index in [9.17, 15) is 9.59 Å². The maximum Gasteiger partial charge on any atom is 0.329 e. The van der Waals surface area contributed by atoms with E-state index in [1.54, 1.807) is 37.3 Å². The summed E-state index contributed by atoms with van der Waals surface area (Å²) in [5, 5.41) is 0.748. The number of hydrogen-bond donors (Lipinski definition) is 0. The fourth-order valence-corrected chi connectivity index (χ4v) is 4.44. The van der Waals surface area contributed by atoms with E-state index in [2.05, 4.69) is 0 Å². The molecule has 0 unspecified atom stereocenters. The molecule has 4 rings (SSSR count). The van der Waals surface area contributed by atoms with Crippen LogP contribution in [0.3, 0.4) is 0 Å². The predicted octanol–water partition coefficient (Wildman–Crippen LogP) is 4.64. The van der Waals surface area contributed by atoms with Crippen molar-refractivity contribution in [2.24, 2.45) is 5.92 Å². The second kappa shape index (κ2) is 9.08. The van der Waals surface area contributed by atoms with Crippen LogP contribution in [0.1, 0.15) is 32.4 Å². The molecule has 0 N–H and O–H groups in total. The van der Waals surface area contributed by atoms with E-state index in [0.29, 0.717) is 27.3 Å². The summed E-state index contributed by atoms with van der Waals surface area (Å²) in [7, 11) is 0. The van der Waals surface area contributed by atoms with E-state index in [1.165, 1.54) is 4.90 Å². The van der Waals surface area contributed by atoms with Crippen LogP contribution in [0.25, 0.3) is 0 Å². The van der Waals surface area contributed by atoms with E-state index in [0.717, 1.165) is 5.56 Å². The first kappa shape index (κ1) is 22.6. The van der Waals surface area contributed by atoms with E-state index < -0.39 is 24.2 Å². The first-order valence-corrected chi connectivity index (χ1v) is 11.1. The van der Waals surface area contributed by atoms with Crippen LogP contribution in [0.15, 0.2) is 36.4 Å². The van der Waals surface area contributed by atoms with Gasteiger partial charge in [-0.3, -0.25) is 4.79 Å². The van der Waals surface area contributed by atoms with Crippen LogP contribution in [-0.4, -0.2) is 42.3 Å². The molecule has 7 nitrogen and oxygen atoms in total. The molecule has 1 fully saturated rings. The molecule has 0 aromatic heterocycles. The number of amides is 1. The molecule has 9 heteroatoms. The largest absolute Gasteiger partial charge is 0.476 e. The summed E-state index contributed by atoms with van der Waals surface area (Å²) in [6, 6.07) is 8.88. The Hall–Kier alpha value is -2.64. The van der Waals surface area contributed by atoms with Crippen molar-refractivity contribution in [1.29, 1.82) is 0 Å². The summed E-state index contributed by atoms with van der Waals surface area (Å²) in [5.74, 6) is 0.568. The molecular weight excluding hydrogens is 457 g/mol. The number of halogens is 2. The Morgan fingerprint density at radius 3 is 2.59 bits per heavy atom. The molecule has 2 aromatic rings. The molecule has 2 aromatic carbocycles. The van der Waals surface area contributed by atoms with Crippen LogP contribution in [0, 0.1) is 5.92 Å². The molecule has 32 heavy (non-hydrogen) atoms. The zero-order valence-corrected chi connectivity index (χ0v) is 19.4. The number of ether oxygens (including phenoxy) is 4. The minimum atomic E-state index is -0.885. The molecule has 170 valence electrons. The summed E-state index contributed by atoms with van der Waals surface area (Å²) in [4.78, 5) is 27.6. The van der Waals surface area contributed by atoms with Crippen molar-refractivity contribution >= 4 is 35.1 Å². The van der Waals surface area contributed by atoms with Gasteiger partial charge in [0.05, 0.1) is 11.6 Å². The lowest BCUT2D eigenvalue weighted by atomic mass is 9.85. The average molecular weight is 480 g/mol. The monoisotopic (exact) mass is 479 g/mol.